The van der Waals surface area contributed by atoms with E-state index in [-0.39, 0.29) is 11.3 Å². The zero-order valence-corrected chi connectivity index (χ0v) is 17.2. The number of benzene rings is 1. The second-order valence-corrected chi connectivity index (χ2v) is 10.5. The van der Waals surface area contributed by atoms with E-state index in [1.54, 1.807) is 37.3 Å². The fraction of sp³-hybridized carbons (Fsp3) is 0.650. The Hall–Kier alpha value is -1.62. The summed E-state index contributed by atoms with van der Waals surface area (Å²) in [6, 6.07) is 9.38. The molecule has 2 fully saturated rings. The van der Waals surface area contributed by atoms with Crippen LogP contribution in [0.3, 0.4) is 0 Å². The highest BCUT2D eigenvalue weighted by atomic mass is 32.2. The maximum atomic E-state index is 12.6. The van der Waals surface area contributed by atoms with E-state index in [0.29, 0.717) is 24.0 Å². The molecule has 2 unspecified atom stereocenters. The summed E-state index contributed by atoms with van der Waals surface area (Å²) in [5, 5.41) is 8.46. The fourth-order valence-corrected chi connectivity index (χ4v) is 5.84. The molecule has 27 heavy (non-hydrogen) atoms. The van der Waals surface area contributed by atoms with Crippen LogP contribution in [0.1, 0.15) is 32.3 Å². The largest absolute Gasteiger partial charge is 0.492 e. The molecular formula is C20H29N3O3S. The van der Waals surface area contributed by atoms with E-state index in [1.165, 1.54) is 0 Å². The van der Waals surface area contributed by atoms with Crippen LogP contribution in [0.2, 0.25) is 0 Å². The Bertz CT molecular complexity index is 772. The van der Waals surface area contributed by atoms with Gasteiger partial charge in [-0.25, -0.2) is 12.7 Å². The Labute approximate surface area is 162 Å². The number of rotatable bonds is 7. The van der Waals surface area contributed by atoms with Crippen molar-refractivity contribution in [2.75, 3.05) is 33.3 Å². The number of nitrogens with zero attached hydrogens (tertiary/aromatic N) is 3. The molecule has 148 valence electrons. The van der Waals surface area contributed by atoms with Crippen molar-refractivity contribution in [3.63, 3.8) is 0 Å². The predicted molar refractivity (Wildman–Crippen MR) is 105 cm³/mol. The van der Waals surface area contributed by atoms with E-state index in [1.807, 2.05) is 12.1 Å². The van der Waals surface area contributed by atoms with Gasteiger partial charge in [0.15, 0.2) is 0 Å². The van der Waals surface area contributed by atoms with E-state index in [0.717, 1.165) is 38.2 Å². The van der Waals surface area contributed by atoms with E-state index in [9.17, 15) is 8.42 Å². The third-order valence-corrected chi connectivity index (χ3v) is 8.17. The van der Waals surface area contributed by atoms with Crippen LogP contribution in [0.15, 0.2) is 24.3 Å². The third kappa shape index (κ3) is 4.29. The van der Waals surface area contributed by atoms with Crippen LogP contribution in [0.25, 0.3) is 0 Å². The Morgan fingerprint density at radius 2 is 1.81 bits per heavy atom. The first-order valence-corrected chi connectivity index (χ1v) is 11.2. The first-order valence-electron chi connectivity index (χ1n) is 9.65. The van der Waals surface area contributed by atoms with Crippen molar-refractivity contribution in [3.8, 4) is 11.8 Å². The summed E-state index contributed by atoms with van der Waals surface area (Å²) in [7, 11) is -1.45. The second kappa shape index (κ2) is 8.17. The number of piperidine rings is 1. The topological polar surface area (TPSA) is 73.6 Å². The van der Waals surface area contributed by atoms with Gasteiger partial charge in [-0.1, -0.05) is 0 Å². The molecule has 1 aliphatic carbocycles. The normalized spacial score (nSPS) is 25.7. The van der Waals surface area contributed by atoms with Gasteiger partial charge in [0.1, 0.15) is 12.4 Å². The molecule has 1 saturated heterocycles. The Kier molecular flexibility index (Phi) is 6.09. The lowest BCUT2D eigenvalue weighted by Gasteiger charge is -2.42. The standard InChI is InChI=1S/C20H29N3O3S/c1-15(2)27(24,25)22(3)20-17-6-7-18(20)14-23(13-17)10-11-26-19-8-4-16(12-21)5-9-19/h4-5,8-9,15,17-18,20H,6-7,10-11,13-14H2,1-3H3. The minimum absolute atomic E-state index is 0.132. The maximum absolute atomic E-state index is 12.6. The van der Waals surface area contributed by atoms with Crippen molar-refractivity contribution in [1.29, 1.82) is 5.26 Å². The minimum atomic E-state index is -3.21. The van der Waals surface area contributed by atoms with Crippen molar-refractivity contribution in [3.05, 3.63) is 29.8 Å². The van der Waals surface area contributed by atoms with Crippen molar-refractivity contribution in [2.45, 2.75) is 38.0 Å². The van der Waals surface area contributed by atoms with E-state index >= 15 is 0 Å². The van der Waals surface area contributed by atoms with Gasteiger partial charge in [0.25, 0.3) is 0 Å². The molecule has 1 saturated carbocycles. The molecule has 0 spiro atoms. The van der Waals surface area contributed by atoms with Crippen LogP contribution in [-0.4, -0.2) is 62.2 Å². The van der Waals surface area contributed by atoms with Gasteiger partial charge in [-0.05, 0) is 62.8 Å². The molecule has 6 nitrogen and oxygen atoms in total. The average molecular weight is 392 g/mol. The summed E-state index contributed by atoms with van der Waals surface area (Å²) in [5.41, 5.74) is 0.626. The molecule has 0 amide bonds. The molecule has 2 aliphatic rings. The molecule has 2 atom stereocenters. The number of hydrogen-bond donors (Lipinski definition) is 0. The zero-order valence-electron chi connectivity index (χ0n) is 16.3. The molecular weight excluding hydrogens is 362 g/mol. The fourth-order valence-electron chi connectivity index (χ4n) is 4.49. The van der Waals surface area contributed by atoms with Gasteiger partial charge in [-0.15, -0.1) is 0 Å². The first-order chi connectivity index (χ1) is 12.8. The number of nitriles is 1. The SMILES string of the molecule is CC(C)S(=O)(=O)N(C)C1C2CCC1CN(CCOc1ccc(C#N)cc1)C2. The Morgan fingerprint density at radius 3 is 2.33 bits per heavy atom. The molecule has 3 rings (SSSR count). The summed E-state index contributed by atoms with van der Waals surface area (Å²) in [6.07, 6.45) is 2.19. The van der Waals surface area contributed by atoms with Crippen LogP contribution in [0, 0.1) is 23.2 Å². The third-order valence-electron chi connectivity index (χ3n) is 5.94. The van der Waals surface area contributed by atoms with Crippen LogP contribution in [-0.2, 0) is 10.0 Å². The van der Waals surface area contributed by atoms with Gasteiger partial charge in [-0.3, -0.25) is 4.90 Å². The van der Waals surface area contributed by atoms with Gasteiger partial charge in [0.05, 0.1) is 16.9 Å². The van der Waals surface area contributed by atoms with Gasteiger partial charge in [-0.2, -0.15) is 5.26 Å². The van der Waals surface area contributed by atoms with E-state index < -0.39 is 10.0 Å². The van der Waals surface area contributed by atoms with E-state index in [2.05, 4.69) is 11.0 Å². The van der Waals surface area contributed by atoms with Crippen molar-refractivity contribution < 1.29 is 13.2 Å². The number of fused-ring (bicyclic) bond motifs is 2. The van der Waals surface area contributed by atoms with Gasteiger partial charge < -0.3 is 4.74 Å². The molecule has 1 aromatic carbocycles. The van der Waals surface area contributed by atoms with Crippen LogP contribution in [0.4, 0.5) is 0 Å². The minimum Gasteiger partial charge on any atom is -0.492 e. The van der Waals surface area contributed by atoms with E-state index in [4.69, 9.17) is 10.00 Å². The maximum Gasteiger partial charge on any atom is 0.216 e. The van der Waals surface area contributed by atoms with Gasteiger partial charge in [0, 0.05) is 32.7 Å². The van der Waals surface area contributed by atoms with Crippen molar-refractivity contribution in [2.24, 2.45) is 11.8 Å². The predicted octanol–water partition coefficient (Wildman–Crippen LogP) is 2.32. The summed E-state index contributed by atoms with van der Waals surface area (Å²) >= 11 is 0. The average Bonchev–Trinajstić information content (AvgIpc) is 2.91. The Morgan fingerprint density at radius 1 is 1.22 bits per heavy atom. The Balaban J connectivity index is 1.53. The monoisotopic (exact) mass is 391 g/mol. The highest BCUT2D eigenvalue weighted by Gasteiger charge is 2.47. The highest BCUT2D eigenvalue weighted by molar-refractivity contribution is 7.89. The first kappa shape index (κ1) is 20.1. The van der Waals surface area contributed by atoms with Crippen LogP contribution >= 0.6 is 0 Å². The number of sulfonamides is 1. The van der Waals surface area contributed by atoms with Crippen LogP contribution in [0.5, 0.6) is 5.75 Å². The lowest BCUT2D eigenvalue weighted by molar-refractivity contribution is 0.0871. The van der Waals surface area contributed by atoms with Crippen molar-refractivity contribution >= 4 is 10.0 Å². The molecule has 7 heteroatoms. The number of likely N-dealkylation sites (tertiary alicyclic amines) is 1. The highest BCUT2D eigenvalue weighted by Crippen LogP contribution is 2.40. The molecule has 0 N–H and O–H groups in total. The summed E-state index contributed by atoms with van der Waals surface area (Å²) in [4.78, 5) is 2.40. The number of hydrogen-bond acceptors (Lipinski definition) is 5. The lowest BCUT2D eigenvalue weighted by Crippen LogP contribution is -2.54. The van der Waals surface area contributed by atoms with Gasteiger partial charge >= 0.3 is 0 Å². The zero-order chi connectivity index (χ0) is 19.6. The number of ether oxygens (including phenoxy) is 1. The van der Waals surface area contributed by atoms with Crippen LogP contribution < -0.4 is 4.74 Å². The molecule has 1 aromatic rings. The molecule has 1 heterocycles. The summed E-state index contributed by atoms with van der Waals surface area (Å²) in [5.74, 6) is 1.57. The lowest BCUT2D eigenvalue weighted by atomic mass is 9.92. The molecule has 1 aliphatic heterocycles. The van der Waals surface area contributed by atoms with Crippen molar-refractivity contribution in [1.82, 2.24) is 9.21 Å². The van der Waals surface area contributed by atoms with Gasteiger partial charge in [0.2, 0.25) is 10.0 Å². The molecule has 0 radical (unpaired) electrons. The summed E-state index contributed by atoms with van der Waals surface area (Å²) < 4.78 is 32.6. The summed E-state index contributed by atoms with van der Waals surface area (Å²) in [6.45, 7) is 6.79. The smallest absolute Gasteiger partial charge is 0.216 e. The second-order valence-electron chi connectivity index (χ2n) is 7.94. The molecule has 0 aromatic heterocycles. The quantitative estimate of drug-likeness (QED) is 0.713. The molecule has 2 bridgehead atoms.